The molecule has 1 fully saturated rings. The van der Waals surface area contributed by atoms with Crippen LogP contribution in [0.5, 0.6) is 0 Å². The minimum absolute atomic E-state index is 0.0268. The maximum Gasteiger partial charge on any atom is 0.418 e. The number of pyridine rings is 1. The van der Waals surface area contributed by atoms with Crippen LogP contribution in [0, 0.1) is 0 Å². The summed E-state index contributed by atoms with van der Waals surface area (Å²) in [7, 11) is 1.68. The van der Waals surface area contributed by atoms with E-state index in [0.29, 0.717) is 19.8 Å². The Morgan fingerprint density at radius 2 is 2.09 bits per heavy atom. The van der Waals surface area contributed by atoms with Crippen molar-refractivity contribution in [2.45, 2.75) is 18.8 Å². The van der Waals surface area contributed by atoms with Crippen LogP contribution in [0.1, 0.15) is 11.3 Å². The minimum Gasteiger partial charge on any atom is -0.390 e. The number of nitrogens with zero attached hydrogens (tertiary/aromatic N) is 3. The van der Waals surface area contributed by atoms with Gasteiger partial charge in [0.05, 0.1) is 30.6 Å². The highest BCUT2D eigenvalue weighted by atomic mass is 19.4. The van der Waals surface area contributed by atoms with Crippen molar-refractivity contribution in [3.05, 3.63) is 29.6 Å². The average Bonchev–Trinajstić information content (AvgIpc) is 2.47. The molecule has 1 unspecified atom stereocenters. The van der Waals surface area contributed by atoms with Crippen molar-refractivity contribution in [2.24, 2.45) is 0 Å². The quantitative estimate of drug-likeness (QED) is 0.848. The number of alkyl halides is 3. The number of aromatic nitrogens is 1. The second kappa shape index (κ2) is 8.05. The lowest BCUT2D eigenvalue weighted by Gasteiger charge is -2.30. The molecule has 1 saturated heterocycles. The predicted octanol–water partition coefficient (Wildman–Crippen LogP) is 1.23. The minimum atomic E-state index is -4.42. The Morgan fingerprint density at radius 1 is 1.39 bits per heavy atom. The van der Waals surface area contributed by atoms with Crippen LogP contribution < -0.4 is 0 Å². The van der Waals surface area contributed by atoms with Crippen molar-refractivity contribution in [3.8, 4) is 0 Å². The number of hydrogen-bond donors (Lipinski definition) is 1. The summed E-state index contributed by atoms with van der Waals surface area (Å²) in [4.78, 5) is 7.58. The van der Waals surface area contributed by atoms with Gasteiger partial charge in [0.25, 0.3) is 0 Å². The number of hydrogen-bond acceptors (Lipinski definition) is 5. The highest BCUT2D eigenvalue weighted by Crippen LogP contribution is 2.31. The molecule has 1 aliphatic heterocycles. The number of halogens is 3. The lowest BCUT2D eigenvalue weighted by Crippen LogP contribution is -2.44. The fraction of sp³-hybridized carbons (Fsp3) is 0.667. The van der Waals surface area contributed by atoms with Gasteiger partial charge in [0, 0.05) is 38.9 Å². The molecule has 0 saturated carbocycles. The molecule has 8 heteroatoms. The van der Waals surface area contributed by atoms with Gasteiger partial charge in [0.1, 0.15) is 0 Å². The molecule has 2 heterocycles. The van der Waals surface area contributed by atoms with Gasteiger partial charge in [-0.25, -0.2) is 0 Å². The van der Waals surface area contributed by atoms with E-state index in [9.17, 15) is 18.3 Å². The number of aliphatic hydroxyl groups is 1. The van der Waals surface area contributed by atoms with Crippen molar-refractivity contribution in [3.63, 3.8) is 0 Å². The van der Waals surface area contributed by atoms with Crippen molar-refractivity contribution in [1.82, 2.24) is 14.8 Å². The second-order valence-corrected chi connectivity index (χ2v) is 5.76. The van der Waals surface area contributed by atoms with E-state index in [4.69, 9.17) is 4.74 Å². The van der Waals surface area contributed by atoms with Crippen molar-refractivity contribution >= 4 is 0 Å². The number of ether oxygens (including phenoxy) is 1. The smallest absolute Gasteiger partial charge is 0.390 e. The van der Waals surface area contributed by atoms with Gasteiger partial charge in [-0.3, -0.25) is 14.8 Å². The van der Waals surface area contributed by atoms with E-state index in [-0.39, 0.29) is 18.8 Å². The summed E-state index contributed by atoms with van der Waals surface area (Å²) < 4.78 is 44.1. The fourth-order valence-electron chi connectivity index (χ4n) is 2.64. The van der Waals surface area contributed by atoms with Crippen LogP contribution in [-0.4, -0.2) is 72.4 Å². The summed E-state index contributed by atoms with van der Waals surface area (Å²) in [5, 5.41) is 10.1. The Kier molecular flexibility index (Phi) is 6.34. The van der Waals surface area contributed by atoms with Gasteiger partial charge in [-0.15, -0.1) is 0 Å². The van der Waals surface area contributed by atoms with Crippen LogP contribution in [0.25, 0.3) is 0 Å². The third-order valence-electron chi connectivity index (χ3n) is 3.71. The Bertz CT molecular complexity index is 493. The van der Waals surface area contributed by atoms with Gasteiger partial charge in [-0.1, -0.05) is 0 Å². The Labute approximate surface area is 133 Å². The molecule has 1 aromatic rings. The maximum absolute atomic E-state index is 12.9. The molecule has 0 amide bonds. The molecule has 0 radical (unpaired) electrons. The first-order valence-electron chi connectivity index (χ1n) is 7.54. The van der Waals surface area contributed by atoms with Crippen LogP contribution in [0.15, 0.2) is 18.3 Å². The SMILES string of the molecule is CN(Cc1ncccc1C(F)(F)F)CC(O)CN1CCOCC1. The molecular formula is C15H22F3N3O2. The van der Waals surface area contributed by atoms with Gasteiger partial charge >= 0.3 is 6.18 Å². The Hall–Kier alpha value is -1.22. The van der Waals surface area contributed by atoms with E-state index in [1.807, 2.05) is 0 Å². The number of likely N-dealkylation sites (N-methyl/N-ethyl adjacent to an activating group) is 1. The molecule has 0 aromatic carbocycles. The third-order valence-corrected chi connectivity index (χ3v) is 3.71. The van der Waals surface area contributed by atoms with E-state index >= 15 is 0 Å². The van der Waals surface area contributed by atoms with Gasteiger partial charge < -0.3 is 9.84 Å². The van der Waals surface area contributed by atoms with Gasteiger partial charge in [-0.2, -0.15) is 13.2 Å². The highest BCUT2D eigenvalue weighted by Gasteiger charge is 2.34. The first-order valence-corrected chi connectivity index (χ1v) is 7.54. The molecular weight excluding hydrogens is 311 g/mol. The topological polar surface area (TPSA) is 48.8 Å². The summed E-state index contributed by atoms with van der Waals surface area (Å²) in [6.07, 6.45) is -3.70. The average molecular weight is 333 g/mol. The molecule has 2 rings (SSSR count). The number of aliphatic hydroxyl groups excluding tert-OH is 1. The van der Waals surface area contributed by atoms with Gasteiger partial charge in [0.2, 0.25) is 0 Å². The molecule has 1 aromatic heterocycles. The molecule has 0 spiro atoms. The second-order valence-electron chi connectivity index (χ2n) is 5.76. The molecule has 0 bridgehead atoms. The number of rotatable bonds is 6. The van der Waals surface area contributed by atoms with Crippen LogP contribution >= 0.6 is 0 Å². The fourth-order valence-corrected chi connectivity index (χ4v) is 2.64. The van der Waals surface area contributed by atoms with Crippen LogP contribution in [0.3, 0.4) is 0 Å². The number of β-amino-alcohol motifs (C(OH)–C–C–N with tert-alkyl or cyclic N) is 1. The van der Waals surface area contributed by atoms with Crippen LogP contribution in [-0.2, 0) is 17.5 Å². The summed E-state index contributed by atoms with van der Waals surface area (Å²) in [6, 6.07) is 2.31. The Balaban J connectivity index is 1.88. The van der Waals surface area contributed by atoms with Gasteiger partial charge in [-0.05, 0) is 19.2 Å². The standard InChI is InChI=1S/C15H22F3N3O2/c1-20(9-12(22)10-21-5-7-23-8-6-21)11-14-13(15(16,17)18)3-2-4-19-14/h2-4,12,22H,5-11H2,1H3. The van der Waals surface area contributed by atoms with Crippen molar-refractivity contribution < 1.29 is 23.0 Å². The van der Waals surface area contributed by atoms with Crippen molar-refractivity contribution in [2.75, 3.05) is 46.4 Å². The molecule has 1 atom stereocenters. The van der Waals surface area contributed by atoms with E-state index < -0.39 is 17.8 Å². The lowest BCUT2D eigenvalue weighted by atomic mass is 10.1. The third kappa shape index (κ3) is 5.72. The summed E-state index contributed by atoms with van der Waals surface area (Å²) >= 11 is 0. The predicted molar refractivity (Wildman–Crippen MR) is 78.8 cm³/mol. The molecule has 23 heavy (non-hydrogen) atoms. The van der Waals surface area contributed by atoms with Crippen LogP contribution in [0.4, 0.5) is 13.2 Å². The molecule has 5 nitrogen and oxygen atoms in total. The normalized spacial score (nSPS) is 18.3. The molecule has 1 aliphatic rings. The molecule has 130 valence electrons. The maximum atomic E-state index is 12.9. The van der Waals surface area contributed by atoms with E-state index in [2.05, 4.69) is 9.88 Å². The van der Waals surface area contributed by atoms with E-state index in [1.165, 1.54) is 12.3 Å². The number of morpholine rings is 1. The van der Waals surface area contributed by atoms with Crippen molar-refractivity contribution in [1.29, 1.82) is 0 Å². The first kappa shape index (κ1) is 18.1. The van der Waals surface area contributed by atoms with Crippen LogP contribution in [0.2, 0.25) is 0 Å². The molecule has 0 aliphatic carbocycles. The summed E-state index contributed by atoms with van der Waals surface area (Å²) in [5.41, 5.74) is -0.754. The monoisotopic (exact) mass is 333 g/mol. The van der Waals surface area contributed by atoms with E-state index in [1.54, 1.807) is 11.9 Å². The first-order chi connectivity index (χ1) is 10.9. The zero-order valence-electron chi connectivity index (χ0n) is 13.1. The zero-order valence-corrected chi connectivity index (χ0v) is 13.1. The van der Waals surface area contributed by atoms with Gasteiger partial charge in [0.15, 0.2) is 0 Å². The Morgan fingerprint density at radius 3 is 2.74 bits per heavy atom. The lowest BCUT2D eigenvalue weighted by molar-refractivity contribution is -0.138. The summed E-state index contributed by atoms with van der Waals surface area (Å²) in [6.45, 7) is 3.62. The summed E-state index contributed by atoms with van der Waals surface area (Å²) in [5.74, 6) is 0. The zero-order chi connectivity index (χ0) is 16.9. The largest absolute Gasteiger partial charge is 0.418 e. The highest BCUT2D eigenvalue weighted by molar-refractivity contribution is 5.22. The molecule has 1 N–H and O–H groups in total. The van der Waals surface area contributed by atoms with E-state index in [0.717, 1.165) is 19.2 Å².